The molecule has 0 aliphatic carbocycles. The highest BCUT2D eigenvalue weighted by Gasteiger charge is 2.13. The fraction of sp³-hybridized carbons (Fsp3) is 0.176. The zero-order valence-corrected chi connectivity index (χ0v) is 12.3. The van der Waals surface area contributed by atoms with Gasteiger partial charge in [-0.1, -0.05) is 60.7 Å². The molecule has 0 fully saturated rings. The minimum absolute atomic E-state index is 0.301. The van der Waals surface area contributed by atoms with Gasteiger partial charge in [-0.3, -0.25) is 0 Å². The number of hydrogen-bond acceptors (Lipinski definition) is 2. The lowest BCUT2D eigenvalue weighted by atomic mass is 10.2. The molecule has 5 nitrogen and oxygen atoms in total. The average molecular weight is 295 g/mol. The molecule has 0 saturated heterocycles. The molecule has 0 bridgehead atoms. The van der Waals surface area contributed by atoms with Gasteiger partial charge in [0.15, 0.2) is 0 Å². The zero-order valence-electron chi connectivity index (χ0n) is 12.3. The summed E-state index contributed by atoms with van der Waals surface area (Å²) >= 11 is 0. The second-order valence-corrected chi connectivity index (χ2v) is 5.21. The third-order valence-electron chi connectivity index (χ3n) is 3.66. The highest BCUT2D eigenvalue weighted by molar-refractivity contribution is 5.16. The van der Waals surface area contributed by atoms with Crippen molar-refractivity contribution in [3.63, 3.8) is 0 Å². The van der Waals surface area contributed by atoms with Crippen LogP contribution in [-0.4, -0.2) is 13.9 Å². The minimum atomic E-state index is -0.301. The van der Waals surface area contributed by atoms with Crippen LogP contribution in [-0.2, 0) is 20.1 Å². The Hall–Kier alpha value is -2.82. The molecule has 1 heterocycles. The first-order valence-electron chi connectivity index (χ1n) is 7.11. The van der Waals surface area contributed by atoms with Crippen LogP contribution in [0.1, 0.15) is 11.1 Å². The van der Waals surface area contributed by atoms with Crippen molar-refractivity contribution in [1.29, 1.82) is 0 Å². The summed E-state index contributed by atoms with van der Waals surface area (Å²) < 4.78 is 4.13. The highest BCUT2D eigenvalue weighted by atomic mass is 16.2. The van der Waals surface area contributed by atoms with Crippen LogP contribution in [0.5, 0.6) is 0 Å². The summed E-state index contributed by atoms with van der Waals surface area (Å²) in [7, 11) is 1.51. The molecule has 0 saturated carbocycles. The lowest BCUT2D eigenvalue weighted by Crippen LogP contribution is -2.27. The van der Waals surface area contributed by atoms with E-state index in [9.17, 15) is 9.59 Å². The molecule has 22 heavy (non-hydrogen) atoms. The van der Waals surface area contributed by atoms with E-state index in [2.05, 4.69) is 0 Å². The normalized spacial score (nSPS) is 10.8. The van der Waals surface area contributed by atoms with Gasteiger partial charge in [-0.25, -0.2) is 23.5 Å². The van der Waals surface area contributed by atoms with Gasteiger partial charge in [0, 0.05) is 7.05 Å². The Morgan fingerprint density at radius 3 is 1.41 bits per heavy atom. The molecule has 0 aliphatic heterocycles. The molecule has 0 unspecified atom stereocenters. The molecule has 0 N–H and O–H groups in total. The number of aromatic nitrogens is 3. The summed E-state index contributed by atoms with van der Waals surface area (Å²) in [6.07, 6.45) is 0. The summed E-state index contributed by atoms with van der Waals surface area (Å²) in [6.45, 7) is 0.755. The van der Waals surface area contributed by atoms with Crippen LogP contribution in [0.4, 0.5) is 0 Å². The Morgan fingerprint density at radius 2 is 1.05 bits per heavy atom. The van der Waals surface area contributed by atoms with Gasteiger partial charge in [-0.05, 0) is 11.1 Å². The van der Waals surface area contributed by atoms with Crippen LogP contribution in [0.3, 0.4) is 0 Å². The monoisotopic (exact) mass is 295 g/mol. The van der Waals surface area contributed by atoms with Gasteiger partial charge in [0.05, 0.1) is 13.1 Å². The second-order valence-electron chi connectivity index (χ2n) is 5.21. The molecule has 3 rings (SSSR count). The van der Waals surface area contributed by atoms with Gasteiger partial charge in [0.2, 0.25) is 0 Å². The van der Waals surface area contributed by atoms with E-state index in [1.807, 2.05) is 60.7 Å². The third kappa shape index (κ3) is 2.65. The fourth-order valence-corrected chi connectivity index (χ4v) is 2.45. The quantitative estimate of drug-likeness (QED) is 0.731. The molecule has 3 aromatic rings. The molecule has 0 spiro atoms. The Morgan fingerprint density at radius 1 is 0.682 bits per heavy atom. The molecule has 0 amide bonds. The van der Waals surface area contributed by atoms with Crippen molar-refractivity contribution < 1.29 is 0 Å². The molecule has 2 aromatic carbocycles. The van der Waals surface area contributed by atoms with Crippen molar-refractivity contribution >= 4 is 0 Å². The topological polar surface area (TPSA) is 48.9 Å². The lowest BCUT2D eigenvalue weighted by Gasteiger charge is -2.09. The first kappa shape index (κ1) is 14.1. The second kappa shape index (κ2) is 5.89. The smallest absolute Gasteiger partial charge is 0.246 e. The van der Waals surface area contributed by atoms with Crippen LogP contribution < -0.4 is 11.4 Å². The molecule has 5 heteroatoms. The number of rotatable bonds is 4. The van der Waals surface area contributed by atoms with Gasteiger partial charge in [-0.15, -0.1) is 0 Å². The van der Waals surface area contributed by atoms with Crippen LogP contribution in [0.15, 0.2) is 70.3 Å². The van der Waals surface area contributed by atoms with Crippen LogP contribution >= 0.6 is 0 Å². The van der Waals surface area contributed by atoms with Crippen LogP contribution in [0, 0.1) is 0 Å². The Balaban J connectivity index is 2.04. The first-order valence-corrected chi connectivity index (χ1v) is 7.11. The standard InChI is InChI=1S/C17H17N3O2/c1-18-16(21)19(12-14-8-4-2-5-9-14)20(17(18)22)13-15-10-6-3-7-11-15/h2-11H,12-13H2,1H3. The van der Waals surface area contributed by atoms with Gasteiger partial charge in [-0.2, -0.15) is 0 Å². The molecule has 1 aromatic heterocycles. The maximum absolute atomic E-state index is 12.3. The minimum Gasteiger partial charge on any atom is -0.246 e. The van der Waals surface area contributed by atoms with Gasteiger partial charge in [0.1, 0.15) is 0 Å². The molecule has 112 valence electrons. The van der Waals surface area contributed by atoms with E-state index in [0.717, 1.165) is 15.7 Å². The van der Waals surface area contributed by atoms with Crippen LogP contribution in [0.25, 0.3) is 0 Å². The largest absolute Gasteiger partial charge is 0.347 e. The maximum Gasteiger partial charge on any atom is 0.347 e. The predicted octanol–water partition coefficient (Wildman–Crippen LogP) is 1.45. The van der Waals surface area contributed by atoms with Crippen molar-refractivity contribution in [1.82, 2.24) is 13.9 Å². The summed E-state index contributed by atoms with van der Waals surface area (Å²) in [5.74, 6) is 0. The van der Waals surface area contributed by atoms with E-state index in [0.29, 0.717) is 13.1 Å². The Labute approximate surface area is 127 Å². The van der Waals surface area contributed by atoms with Crippen molar-refractivity contribution in [2.75, 3.05) is 0 Å². The summed E-state index contributed by atoms with van der Waals surface area (Å²) in [6, 6.07) is 19.3. The SMILES string of the molecule is Cn1c(=O)n(Cc2ccccc2)n(Cc2ccccc2)c1=O. The fourth-order valence-electron chi connectivity index (χ4n) is 2.45. The van der Waals surface area contributed by atoms with Gasteiger partial charge in [0.25, 0.3) is 0 Å². The van der Waals surface area contributed by atoms with E-state index in [1.165, 1.54) is 16.4 Å². The Kier molecular flexibility index (Phi) is 3.78. The molecular weight excluding hydrogens is 278 g/mol. The highest BCUT2D eigenvalue weighted by Crippen LogP contribution is 2.03. The average Bonchev–Trinajstić information content (AvgIpc) is 2.75. The molecule has 0 aliphatic rings. The van der Waals surface area contributed by atoms with Gasteiger partial charge < -0.3 is 0 Å². The lowest BCUT2D eigenvalue weighted by molar-refractivity contribution is 0.490. The Bertz CT molecular complexity index is 801. The predicted molar refractivity (Wildman–Crippen MR) is 85.0 cm³/mol. The van der Waals surface area contributed by atoms with E-state index < -0.39 is 0 Å². The molecular formula is C17H17N3O2. The van der Waals surface area contributed by atoms with E-state index in [4.69, 9.17) is 0 Å². The third-order valence-corrected chi connectivity index (χ3v) is 3.66. The summed E-state index contributed by atoms with van der Waals surface area (Å²) in [5.41, 5.74) is 1.36. The van der Waals surface area contributed by atoms with E-state index in [-0.39, 0.29) is 11.4 Å². The van der Waals surface area contributed by atoms with Gasteiger partial charge >= 0.3 is 11.4 Å². The van der Waals surface area contributed by atoms with Crippen LogP contribution in [0.2, 0.25) is 0 Å². The van der Waals surface area contributed by atoms with Crippen molar-refractivity contribution in [2.24, 2.45) is 7.05 Å². The van der Waals surface area contributed by atoms with Crippen molar-refractivity contribution in [2.45, 2.75) is 13.1 Å². The molecule has 0 radical (unpaired) electrons. The zero-order chi connectivity index (χ0) is 15.5. The number of benzene rings is 2. The molecule has 0 atom stereocenters. The van der Waals surface area contributed by atoms with E-state index >= 15 is 0 Å². The van der Waals surface area contributed by atoms with Crippen molar-refractivity contribution in [3.8, 4) is 0 Å². The summed E-state index contributed by atoms with van der Waals surface area (Å²) in [4.78, 5) is 24.6. The summed E-state index contributed by atoms with van der Waals surface area (Å²) in [5, 5.41) is 0. The van der Waals surface area contributed by atoms with Crippen molar-refractivity contribution in [3.05, 3.63) is 92.8 Å². The number of hydrogen-bond donors (Lipinski definition) is 0. The maximum atomic E-state index is 12.3. The number of nitrogens with zero attached hydrogens (tertiary/aromatic N) is 3. The first-order chi connectivity index (χ1) is 10.7. The van der Waals surface area contributed by atoms with E-state index in [1.54, 1.807) is 0 Å².